The van der Waals surface area contributed by atoms with Crippen LogP contribution < -0.4 is 5.73 Å². The van der Waals surface area contributed by atoms with Gasteiger partial charge >= 0.3 is 11.9 Å². The molecule has 0 aliphatic carbocycles. The summed E-state index contributed by atoms with van der Waals surface area (Å²) in [7, 11) is 2.54. The van der Waals surface area contributed by atoms with Gasteiger partial charge < -0.3 is 15.2 Å². The van der Waals surface area contributed by atoms with Gasteiger partial charge in [0.1, 0.15) is 9.88 Å². The number of methoxy groups -OCH3 is 2. The third-order valence-electron chi connectivity index (χ3n) is 3.42. The summed E-state index contributed by atoms with van der Waals surface area (Å²) in [6, 6.07) is 5.56. The highest BCUT2D eigenvalue weighted by molar-refractivity contribution is 7.98. The Morgan fingerprint density at radius 2 is 2.00 bits per heavy atom. The average Bonchev–Trinajstić information content (AvgIpc) is 3.19. The van der Waals surface area contributed by atoms with Gasteiger partial charge in [-0.3, -0.25) is 4.40 Å². The third-order valence-corrected chi connectivity index (χ3v) is 5.43. The first-order valence-corrected chi connectivity index (χ1v) is 8.87. The van der Waals surface area contributed by atoms with Crippen molar-refractivity contribution >= 4 is 45.7 Å². The van der Waals surface area contributed by atoms with Crippen LogP contribution in [0.1, 0.15) is 25.6 Å². The second-order valence-corrected chi connectivity index (χ2v) is 6.83. The fraction of sp³-hybridized carbons (Fsp3) is 0.200. The summed E-state index contributed by atoms with van der Waals surface area (Å²) in [5.74, 6) is -0.850. The molecule has 3 rings (SSSR count). The molecule has 0 fully saturated rings. The number of nitrogens with zero attached hydrogens (tertiary/aromatic N) is 3. The Morgan fingerprint density at radius 3 is 2.72 bits per heavy atom. The normalized spacial score (nSPS) is 10.8. The second kappa shape index (κ2) is 7.11. The summed E-state index contributed by atoms with van der Waals surface area (Å²) in [5.41, 5.74) is 7.28. The highest BCUT2D eigenvalue weighted by Gasteiger charge is 2.27. The lowest BCUT2D eigenvalue weighted by atomic mass is 10.1. The molecule has 0 saturated heterocycles. The second-order valence-electron chi connectivity index (χ2n) is 4.83. The molecule has 0 aliphatic rings. The van der Waals surface area contributed by atoms with Crippen LogP contribution in [0.2, 0.25) is 0 Å². The van der Waals surface area contributed by atoms with Gasteiger partial charge in [-0.05, 0) is 12.1 Å². The molecule has 3 heterocycles. The maximum atomic E-state index is 12.1. The zero-order valence-electron chi connectivity index (χ0n) is 13.4. The number of fused-ring (bicyclic) bond motifs is 1. The molecule has 0 spiro atoms. The number of hydrogen-bond donors (Lipinski definition) is 1. The van der Waals surface area contributed by atoms with Crippen LogP contribution >= 0.6 is 23.1 Å². The van der Waals surface area contributed by atoms with E-state index in [9.17, 15) is 9.59 Å². The number of rotatable bonds is 5. The van der Waals surface area contributed by atoms with Crippen LogP contribution in [0.5, 0.6) is 0 Å². The van der Waals surface area contributed by atoms with E-state index in [1.165, 1.54) is 26.0 Å². The van der Waals surface area contributed by atoms with Crippen LogP contribution in [0.15, 0.2) is 29.6 Å². The van der Waals surface area contributed by atoms with Gasteiger partial charge in [-0.1, -0.05) is 17.8 Å². The van der Waals surface area contributed by atoms with Crippen molar-refractivity contribution in [2.75, 3.05) is 20.0 Å². The number of aromatic nitrogens is 3. The van der Waals surface area contributed by atoms with E-state index in [4.69, 9.17) is 15.2 Å². The van der Waals surface area contributed by atoms with E-state index in [2.05, 4.69) is 10.2 Å². The Hall–Kier alpha value is -2.59. The number of anilines is 1. The van der Waals surface area contributed by atoms with Gasteiger partial charge in [0.05, 0.1) is 19.8 Å². The van der Waals surface area contributed by atoms with Crippen LogP contribution in [0.25, 0.3) is 5.65 Å². The van der Waals surface area contributed by atoms with E-state index in [-0.39, 0.29) is 21.2 Å². The summed E-state index contributed by atoms with van der Waals surface area (Å²) in [6.45, 7) is 0. The first-order chi connectivity index (χ1) is 12.1. The molecule has 130 valence electrons. The van der Waals surface area contributed by atoms with Gasteiger partial charge in [-0.15, -0.1) is 21.5 Å². The van der Waals surface area contributed by atoms with Crippen LogP contribution in [0.3, 0.4) is 0 Å². The van der Waals surface area contributed by atoms with Crippen molar-refractivity contribution in [3.63, 3.8) is 0 Å². The lowest BCUT2D eigenvalue weighted by molar-refractivity contribution is 0.0601. The van der Waals surface area contributed by atoms with Crippen molar-refractivity contribution in [2.24, 2.45) is 0 Å². The number of thiophene rings is 1. The Kier molecular flexibility index (Phi) is 4.91. The van der Waals surface area contributed by atoms with Crippen LogP contribution in [0.4, 0.5) is 5.00 Å². The fourth-order valence-electron chi connectivity index (χ4n) is 2.26. The first-order valence-electron chi connectivity index (χ1n) is 7.07. The molecule has 10 heteroatoms. The molecule has 2 N–H and O–H groups in total. The van der Waals surface area contributed by atoms with E-state index in [0.717, 1.165) is 11.3 Å². The lowest BCUT2D eigenvalue weighted by Crippen LogP contribution is -2.08. The lowest BCUT2D eigenvalue weighted by Gasteiger charge is -2.05. The zero-order valence-corrected chi connectivity index (χ0v) is 15.0. The predicted molar refractivity (Wildman–Crippen MR) is 94.0 cm³/mol. The maximum Gasteiger partial charge on any atom is 0.348 e. The number of carbonyl (C=O) groups excluding carboxylic acids is 2. The fourth-order valence-corrected chi connectivity index (χ4v) is 4.30. The van der Waals surface area contributed by atoms with Crippen molar-refractivity contribution in [1.29, 1.82) is 0 Å². The van der Waals surface area contributed by atoms with Crippen molar-refractivity contribution in [1.82, 2.24) is 14.6 Å². The van der Waals surface area contributed by atoms with Crippen molar-refractivity contribution in [3.05, 3.63) is 40.4 Å². The summed E-state index contributed by atoms with van der Waals surface area (Å²) in [4.78, 5) is 24.4. The molecule has 8 nitrogen and oxygen atoms in total. The predicted octanol–water partition coefficient (Wildman–Crippen LogP) is 2.24. The molecular weight excluding hydrogens is 364 g/mol. The van der Waals surface area contributed by atoms with Crippen molar-refractivity contribution < 1.29 is 19.1 Å². The number of pyridine rings is 1. The third kappa shape index (κ3) is 3.17. The van der Waals surface area contributed by atoms with Crippen molar-refractivity contribution in [3.8, 4) is 0 Å². The molecule has 0 aliphatic heterocycles. The Morgan fingerprint density at radius 1 is 1.24 bits per heavy atom. The molecule has 0 saturated carbocycles. The van der Waals surface area contributed by atoms with Crippen LogP contribution in [-0.4, -0.2) is 40.8 Å². The molecule has 25 heavy (non-hydrogen) atoms. The van der Waals surface area contributed by atoms with Gasteiger partial charge in [0.15, 0.2) is 10.8 Å². The SMILES string of the molecule is COC(=O)c1sc(N)c(C(=O)OC)c1CSc1nnc2ccccn12. The highest BCUT2D eigenvalue weighted by atomic mass is 32.2. The minimum absolute atomic E-state index is 0.189. The van der Waals surface area contributed by atoms with Gasteiger partial charge in [-0.2, -0.15) is 0 Å². The first kappa shape index (κ1) is 17.2. The van der Waals surface area contributed by atoms with E-state index in [0.29, 0.717) is 16.4 Å². The molecular formula is C15H14N4O4S2. The average molecular weight is 378 g/mol. The van der Waals surface area contributed by atoms with E-state index >= 15 is 0 Å². The topological polar surface area (TPSA) is 109 Å². The number of nitrogens with two attached hydrogens (primary N) is 1. The number of hydrogen-bond acceptors (Lipinski definition) is 9. The van der Waals surface area contributed by atoms with E-state index in [1.54, 1.807) is 0 Å². The van der Waals surface area contributed by atoms with Gasteiger partial charge in [0.2, 0.25) is 0 Å². The van der Waals surface area contributed by atoms with Gasteiger partial charge in [-0.25, -0.2) is 9.59 Å². The molecule has 0 bridgehead atoms. The summed E-state index contributed by atoms with van der Waals surface area (Å²) in [5, 5.41) is 9.04. The minimum atomic E-state index is -0.592. The van der Waals surface area contributed by atoms with Crippen molar-refractivity contribution in [2.45, 2.75) is 10.9 Å². The molecule has 3 aromatic rings. The van der Waals surface area contributed by atoms with Gasteiger partial charge in [0.25, 0.3) is 0 Å². The standard InChI is InChI=1S/C15H14N4O4S2/c1-22-13(20)10-8(11(14(21)23-2)25-12(10)16)7-24-15-18-17-9-5-3-4-6-19(9)15/h3-6H,7,16H2,1-2H3. The Bertz CT molecular complexity index is 950. The zero-order chi connectivity index (χ0) is 18.0. The number of carbonyl (C=O) groups is 2. The van der Waals surface area contributed by atoms with E-state index < -0.39 is 11.9 Å². The quantitative estimate of drug-likeness (QED) is 0.532. The summed E-state index contributed by atoms with van der Waals surface area (Å²) >= 11 is 2.34. The number of nitrogen functional groups attached to an aromatic ring is 1. The highest BCUT2D eigenvalue weighted by Crippen LogP contribution is 2.36. The molecule has 3 aromatic heterocycles. The monoisotopic (exact) mass is 378 g/mol. The Labute approximate surface area is 150 Å². The molecule has 0 aromatic carbocycles. The Balaban J connectivity index is 1.97. The number of esters is 2. The largest absolute Gasteiger partial charge is 0.465 e. The van der Waals surface area contributed by atoms with Crippen LogP contribution in [0, 0.1) is 0 Å². The van der Waals surface area contributed by atoms with Gasteiger partial charge in [0, 0.05) is 17.5 Å². The smallest absolute Gasteiger partial charge is 0.348 e. The maximum absolute atomic E-state index is 12.1. The van der Waals surface area contributed by atoms with E-state index in [1.807, 2.05) is 28.8 Å². The van der Waals surface area contributed by atoms with Crippen LogP contribution in [-0.2, 0) is 15.2 Å². The summed E-state index contributed by atoms with van der Waals surface area (Å²) in [6.07, 6.45) is 1.84. The summed E-state index contributed by atoms with van der Waals surface area (Å²) < 4.78 is 11.4. The molecule has 0 amide bonds. The molecule has 0 unspecified atom stereocenters. The minimum Gasteiger partial charge on any atom is -0.465 e. The molecule has 0 atom stereocenters. The number of thioether (sulfide) groups is 1. The molecule has 0 radical (unpaired) electrons. The number of ether oxygens (including phenoxy) is 2.